The average Bonchev–Trinajstić information content (AvgIpc) is 2.78. The van der Waals surface area contributed by atoms with Crippen LogP contribution in [0.25, 0.3) is 0 Å². The summed E-state index contributed by atoms with van der Waals surface area (Å²) in [6.07, 6.45) is 4.31. The minimum Gasteiger partial charge on any atom is -0.375 e. The molecule has 1 amide bonds. The van der Waals surface area contributed by atoms with Gasteiger partial charge < -0.3 is 20.4 Å². The zero-order chi connectivity index (χ0) is 28.7. The highest BCUT2D eigenvalue weighted by molar-refractivity contribution is 6.19. The number of hydroxylamine groups is 1. The van der Waals surface area contributed by atoms with Gasteiger partial charge in [-0.1, -0.05) is 23.3 Å². The SMILES string of the molecule is CC(=O)[C@@](O)(C(=O)NOC/C=C(\C)CCC=C(C)C)[C@@](O)(C(C)=O)[C@@](O)(C(C)=O)[C@@](O)(C=O)C(C)=O. The molecule has 0 saturated carbocycles. The Morgan fingerprint density at radius 3 is 1.61 bits per heavy atom. The number of hydrogen-bond acceptors (Lipinski definition) is 11. The summed E-state index contributed by atoms with van der Waals surface area (Å²) in [5.74, 6) is -8.82. The molecule has 0 fully saturated rings. The zero-order valence-corrected chi connectivity index (χ0v) is 21.5. The number of nitrogens with one attached hydrogen (secondary N) is 1. The van der Waals surface area contributed by atoms with Gasteiger partial charge in [-0.2, -0.15) is 0 Å². The van der Waals surface area contributed by atoms with Gasteiger partial charge in [0.05, 0.1) is 6.61 Å². The molecule has 12 nitrogen and oxygen atoms in total. The number of allylic oxidation sites excluding steroid dienone is 3. The highest BCUT2D eigenvalue weighted by atomic mass is 16.7. The minimum atomic E-state index is -4.22. The van der Waals surface area contributed by atoms with Gasteiger partial charge in [-0.15, -0.1) is 0 Å². The Hall–Kier alpha value is -2.90. The largest absolute Gasteiger partial charge is 0.375 e. The first-order chi connectivity index (χ1) is 16.3. The van der Waals surface area contributed by atoms with Crippen molar-refractivity contribution in [2.45, 2.75) is 83.7 Å². The fraction of sp³-hybridized carbons (Fsp3) is 0.583. The van der Waals surface area contributed by atoms with Crippen LogP contribution < -0.4 is 5.48 Å². The van der Waals surface area contributed by atoms with E-state index in [0.29, 0.717) is 34.1 Å². The van der Waals surface area contributed by atoms with Crippen LogP contribution in [0, 0.1) is 0 Å². The van der Waals surface area contributed by atoms with E-state index in [4.69, 9.17) is 4.84 Å². The quantitative estimate of drug-likeness (QED) is 0.0603. The Morgan fingerprint density at radius 2 is 1.25 bits per heavy atom. The van der Waals surface area contributed by atoms with Gasteiger partial charge in [0.1, 0.15) is 0 Å². The summed E-state index contributed by atoms with van der Waals surface area (Å²) in [4.78, 5) is 79.0. The minimum absolute atomic E-state index is 0.290. The van der Waals surface area contributed by atoms with Crippen molar-refractivity contribution in [2.24, 2.45) is 0 Å². The van der Waals surface area contributed by atoms with Crippen LogP contribution in [0.1, 0.15) is 61.3 Å². The summed E-state index contributed by atoms with van der Waals surface area (Å²) in [5.41, 5.74) is -12.6. The molecule has 0 aromatic carbocycles. The number of rotatable bonds is 15. The number of carbonyl (C=O) groups excluding carboxylic acids is 6. The number of carbonyl (C=O) groups is 6. The highest BCUT2D eigenvalue weighted by Crippen LogP contribution is 2.42. The van der Waals surface area contributed by atoms with Gasteiger partial charge in [0.2, 0.25) is 22.4 Å². The van der Waals surface area contributed by atoms with E-state index < -0.39 is 57.7 Å². The molecule has 0 heterocycles. The maximum Gasteiger partial charge on any atom is 0.286 e. The van der Waals surface area contributed by atoms with Crippen LogP contribution in [0.3, 0.4) is 0 Å². The van der Waals surface area contributed by atoms with Crippen LogP contribution in [0.2, 0.25) is 0 Å². The zero-order valence-electron chi connectivity index (χ0n) is 21.5. The van der Waals surface area contributed by atoms with Gasteiger partial charge in [0, 0.05) is 0 Å². The second-order valence-corrected chi connectivity index (χ2v) is 8.85. The molecule has 0 spiro atoms. The summed E-state index contributed by atoms with van der Waals surface area (Å²) in [5, 5.41) is 44.0. The van der Waals surface area contributed by atoms with E-state index in [9.17, 15) is 49.2 Å². The van der Waals surface area contributed by atoms with E-state index in [1.54, 1.807) is 18.5 Å². The van der Waals surface area contributed by atoms with Crippen LogP contribution in [-0.2, 0) is 33.6 Å². The lowest BCUT2D eigenvalue weighted by Gasteiger charge is -2.50. The molecule has 0 radical (unpaired) electrons. The normalized spacial score (nSPS) is 18.4. The molecule has 0 unspecified atom stereocenters. The van der Waals surface area contributed by atoms with Crippen LogP contribution in [-0.4, -0.2) is 84.8 Å². The fourth-order valence-corrected chi connectivity index (χ4v) is 3.63. The van der Waals surface area contributed by atoms with Crippen molar-refractivity contribution in [1.29, 1.82) is 0 Å². The van der Waals surface area contributed by atoms with Crippen molar-refractivity contribution >= 4 is 35.3 Å². The van der Waals surface area contributed by atoms with Gasteiger partial charge in [0.15, 0.2) is 29.4 Å². The van der Waals surface area contributed by atoms with Gasteiger partial charge in [0.25, 0.3) is 5.91 Å². The standard InChI is InChI=1S/C24H35NO11/c1-14(2)9-8-10-15(3)11-12-36-25-20(31)22(33,17(5)28)24(35,19(7)30)23(34,18(6)29)21(32,13-26)16(4)27/h9,11,13,32-35H,8,10,12H2,1-7H3,(H,25,31)/b15-11+/t21-,22-,23-,24+/m1/s1. The maximum absolute atomic E-state index is 12.9. The Labute approximate surface area is 209 Å². The van der Waals surface area contributed by atoms with Gasteiger partial charge >= 0.3 is 0 Å². The van der Waals surface area contributed by atoms with E-state index in [1.165, 1.54) is 0 Å². The van der Waals surface area contributed by atoms with Crippen molar-refractivity contribution in [3.63, 3.8) is 0 Å². The van der Waals surface area contributed by atoms with Gasteiger partial charge in [-0.3, -0.25) is 33.6 Å². The molecule has 202 valence electrons. The van der Waals surface area contributed by atoms with Crippen LogP contribution in [0.5, 0.6) is 0 Å². The third-order valence-corrected chi connectivity index (χ3v) is 5.93. The van der Waals surface area contributed by atoms with Gasteiger partial charge in [-0.25, -0.2) is 5.48 Å². The van der Waals surface area contributed by atoms with E-state index in [0.717, 1.165) is 17.6 Å². The van der Waals surface area contributed by atoms with Crippen molar-refractivity contribution in [2.75, 3.05) is 6.61 Å². The van der Waals surface area contributed by atoms with Gasteiger partial charge in [-0.05, 0) is 61.3 Å². The van der Waals surface area contributed by atoms with Crippen molar-refractivity contribution in [3.8, 4) is 0 Å². The summed E-state index contributed by atoms with van der Waals surface area (Å²) >= 11 is 0. The first-order valence-corrected chi connectivity index (χ1v) is 10.9. The first kappa shape index (κ1) is 33.1. The molecular formula is C24H35NO11. The highest BCUT2D eigenvalue weighted by Gasteiger charge is 2.79. The summed E-state index contributed by atoms with van der Waals surface area (Å²) < 4.78 is 0. The lowest BCUT2D eigenvalue weighted by molar-refractivity contribution is -0.256. The molecular weight excluding hydrogens is 478 g/mol. The maximum atomic E-state index is 12.9. The van der Waals surface area contributed by atoms with Crippen LogP contribution in [0.15, 0.2) is 23.3 Å². The van der Waals surface area contributed by atoms with Crippen molar-refractivity contribution < 1.29 is 54.0 Å². The lowest BCUT2D eigenvalue weighted by Crippen LogP contribution is -2.86. The second kappa shape index (κ2) is 12.4. The molecule has 0 bridgehead atoms. The molecule has 5 N–H and O–H groups in total. The topological polar surface area (TPSA) is 205 Å². The molecule has 0 aromatic rings. The molecule has 0 aliphatic rings. The smallest absolute Gasteiger partial charge is 0.286 e. The molecule has 36 heavy (non-hydrogen) atoms. The first-order valence-electron chi connectivity index (χ1n) is 10.9. The number of aliphatic hydroxyl groups is 4. The number of Topliss-reactive ketones (excluding diaryl/α,β-unsaturated/α-hetero) is 4. The predicted octanol–water partition coefficient (Wildman–Crippen LogP) is -0.794. The van der Waals surface area contributed by atoms with E-state index in [-0.39, 0.29) is 6.61 Å². The van der Waals surface area contributed by atoms with Crippen molar-refractivity contribution in [1.82, 2.24) is 5.48 Å². The number of ketones is 4. The molecule has 0 saturated heterocycles. The molecule has 12 heteroatoms. The van der Waals surface area contributed by atoms with Crippen molar-refractivity contribution in [3.05, 3.63) is 23.3 Å². The monoisotopic (exact) mass is 513 g/mol. The number of amides is 1. The van der Waals surface area contributed by atoms with E-state index in [1.807, 2.05) is 19.9 Å². The molecule has 0 aliphatic carbocycles. The third kappa shape index (κ3) is 5.73. The van der Waals surface area contributed by atoms with E-state index >= 15 is 0 Å². The molecule has 0 rings (SSSR count). The summed E-state index contributed by atoms with van der Waals surface area (Å²) in [6.45, 7) is 7.34. The molecule has 0 aromatic heterocycles. The van der Waals surface area contributed by atoms with E-state index in [2.05, 4.69) is 0 Å². The second-order valence-electron chi connectivity index (χ2n) is 8.85. The lowest BCUT2D eigenvalue weighted by atomic mass is 9.58. The van der Waals surface area contributed by atoms with Crippen LogP contribution in [0.4, 0.5) is 0 Å². The summed E-state index contributed by atoms with van der Waals surface area (Å²) in [6, 6.07) is 0. The Morgan fingerprint density at radius 1 is 0.750 bits per heavy atom. The fourth-order valence-electron chi connectivity index (χ4n) is 3.63. The Bertz CT molecular complexity index is 981. The summed E-state index contributed by atoms with van der Waals surface area (Å²) in [7, 11) is 0. The third-order valence-electron chi connectivity index (χ3n) is 5.93. The number of hydrogen-bond donors (Lipinski definition) is 5. The van der Waals surface area contributed by atoms with Crippen LogP contribution >= 0.6 is 0 Å². The Balaban J connectivity index is 6.47. The Kier molecular flexibility index (Phi) is 11.4. The molecule has 0 aliphatic heterocycles. The predicted molar refractivity (Wildman–Crippen MR) is 125 cm³/mol. The average molecular weight is 514 g/mol. The molecule has 4 atom stereocenters. The number of aldehydes is 1.